The van der Waals surface area contributed by atoms with Crippen LogP contribution in [-0.4, -0.2) is 46.0 Å². The van der Waals surface area contributed by atoms with Gasteiger partial charge in [-0.25, -0.2) is 28.8 Å². The van der Waals surface area contributed by atoms with Gasteiger partial charge in [0, 0.05) is 0 Å². The maximum absolute atomic E-state index is 12.3. The molecular formula is C24H18O10. The van der Waals surface area contributed by atoms with Gasteiger partial charge in [-0.05, 0) is 49.9 Å². The lowest BCUT2D eigenvalue weighted by atomic mass is 9.97. The average molecular weight is 466 g/mol. The molecular weight excluding hydrogens is 448 g/mol. The predicted molar refractivity (Wildman–Crippen MR) is 113 cm³/mol. The van der Waals surface area contributed by atoms with Gasteiger partial charge < -0.3 is 19.7 Å². The standard InChI is InChI=1S/C24H18O10/c25-19(26)15-5-1-3-7-17(15)23(31)33-21(29)13-9-11-14(12-10-13)22(30)34-24(32)18-8-4-2-6-16(18)20(27)28/h1-2,5-6,9-12H,3-4,7-8H2,(H,25,26)(H,27,28). The van der Waals surface area contributed by atoms with Crippen molar-refractivity contribution >= 4 is 35.8 Å². The van der Waals surface area contributed by atoms with E-state index in [2.05, 4.69) is 0 Å². The number of carboxylic acids is 2. The van der Waals surface area contributed by atoms with Crippen LogP contribution in [0, 0.1) is 0 Å². The largest absolute Gasteiger partial charge is 0.478 e. The molecule has 1 aromatic carbocycles. The molecule has 174 valence electrons. The summed E-state index contributed by atoms with van der Waals surface area (Å²) in [5, 5.41) is 18.3. The first-order valence-corrected chi connectivity index (χ1v) is 10.1. The summed E-state index contributed by atoms with van der Waals surface area (Å²) in [6, 6.07) is 4.65. The SMILES string of the molecule is O=C(O)C1=C(C(=O)OC(=O)c2ccc(C(=O)OC(=O)C3=C(C(=O)O)C=CCC3)cc2)CCC=C1. The number of carbonyl (C=O) groups is 6. The highest BCUT2D eigenvalue weighted by Gasteiger charge is 2.26. The number of carbonyl (C=O) groups excluding carboxylic acids is 4. The molecule has 0 unspecified atom stereocenters. The maximum Gasteiger partial charge on any atom is 0.346 e. The molecule has 0 saturated heterocycles. The second-order valence-corrected chi connectivity index (χ2v) is 7.21. The Morgan fingerprint density at radius 2 is 0.941 bits per heavy atom. The average Bonchev–Trinajstić information content (AvgIpc) is 2.83. The van der Waals surface area contributed by atoms with Crippen molar-refractivity contribution in [2.45, 2.75) is 25.7 Å². The van der Waals surface area contributed by atoms with Crippen molar-refractivity contribution in [3.05, 3.63) is 82.0 Å². The van der Waals surface area contributed by atoms with Gasteiger partial charge in [-0.15, -0.1) is 0 Å². The van der Waals surface area contributed by atoms with E-state index in [9.17, 15) is 39.0 Å². The summed E-state index contributed by atoms with van der Waals surface area (Å²) < 4.78 is 9.53. The van der Waals surface area contributed by atoms with Gasteiger partial charge in [-0.2, -0.15) is 0 Å². The molecule has 0 saturated carbocycles. The van der Waals surface area contributed by atoms with E-state index < -0.39 is 35.8 Å². The zero-order valence-corrected chi connectivity index (χ0v) is 17.6. The molecule has 0 aromatic heterocycles. The van der Waals surface area contributed by atoms with Gasteiger partial charge in [-0.3, -0.25) is 0 Å². The maximum atomic E-state index is 12.3. The molecule has 10 nitrogen and oxygen atoms in total. The van der Waals surface area contributed by atoms with Gasteiger partial charge in [0.15, 0.2) is 0 Å². The number of ether oxygens (including phenoxy) is 2. The molecule has 10 heteroatoms. The van der Waals surface area contributed by atoms with Crippen LogP contribution in [-0.2, 0) is 28.7 Å². The summed E-state index contributed by atoms with van der Waals surface area (Å²) in [5.41, 5.74) is -0.964. The van der Waals surface area contributed by atoms with E-state index >= 15 is 0 Å². The van der Waals surface area contributed by atoms with Crippen LogP contribution in [0.15, 0.2) is 70.9 Å². The van der Waals surface area contributed by atoms with Crippen molar-refractivity contribution in [3.8, 4) is 0 Å². The Kier molecular flexibility index (Phi) is 7.32. The number of esters is 4. The van der Waals surface area contributed by atoms with Crippen LogP contribution < -0.4 is 0 Å². The summed E-state index contributed by atoms with van der Waals surface area (Å²) in [6.45, 7) is 0. The summed E-state index contributed by atoms with van der Waals surface area (Å²) in [4.78, 5) is 71.6. The van der Waals surface area contributed by atoms with Crippen LogP contribution in [0.5, 0.6) is 0 Å². The minimum atomic E-state index is -1.32. The second-order valence-electron chi connectivity index (χ2n) is 7.21. The Hall–Kier alpha value is -4.60. The molecule has 0 fully saturated rings. The first-order valence-electron chi connectivity index (χ1n) is 10.1. The molecule has 0 radical (unpaired) electrons. The number of benzene rings is 1. The first-order chi connectivity index (χ1) is 16.2. The van der Waals surface area contributed by atoms with Crippen LogP contribution in [0.3, 0.4) is 0 Å². The monoisotopic (exact) mass is 466 g/mol. The van der Waals surface area contributed by atoms with Gasteiger partial charge >= 0.3 is 35.8 Å². The Morgan fingerprint density at radius 3 is 1.26 bits per heavy atom. The van der Waals surface area contributed by atoms with Crippen molar-refractivity contribution in [3.63, 3.8) is 0 Å². The Labute approximate surface area is 192 Å². The highest BCUT2D eigenvalue weighted by Crippen LogP contribution is 2.22. The molecule has 0 atom stereocenters. The van der Waals surface area contributed by atoms with Gasteiger partial charge in [0.05, 0.1) is 33.4 Å². The second kappa shape index (κ2) is 10.3. The molecule has 0 aliphatic heterocycles. The number of aliphatic carboxylic acids is 2. The van der Waals surface area contributed by atoms with Crippen molar-refractivity contribution in [1.82, 2.24) is 0 Å². The van der Waals surface area contributed by atoms with Crippen LogP contribution in [0.1, 0.15) is 46.4 Å². The van der Waals surface area contributed by atoms with E-state index in [-0.39, 0.29) is 46.3 Å². The minimum absolute atomic E-state index is 0.103. The van der Waals surface area contributed by atoms with E-state index in [1.54, 1.807) is 12.2 Å². The number of allylic oxidation sites excluding steroid dienone is 2. The van der Waals surface area contributed by atoms with Crippen LogP contribution >= 0.6 is 0 Å². The molecule has 2 aliphatic carbocycles. The molecule has 0 bridgehead atoms. The first kappa shape index (κ1) is 24.1. The smallest absolute Gasteiger partial charge is 0.346 e. The molecule has 1 aromatic rings. The van der Waals surface area contributed by atoms with Gasteiger partial charge in [0.1, 0.15) is 0 Å². The highest BCUT2D eigenvalue weighted by molar-refractivity contribution is 6.09. The topological polar surface area (TPSA) is 161 Å². The molecule has 0 amide bonds. The zero-order valence-electron chi connectivity index (χ0n) is 17.6. The third kappa shape index (κ3) is 5.41. The third-order valence-electron chi connectivity index (χ3n) is 5.02. The van der Waals surface area contributed by atoms with Crippen molar-refractivity contribution < 1.29 is 48.5 Å². The Balaban J connectivity index is 1.67. The predicted octanol–water partition coefficient (Wildman–Crippen LogP) is 2.52. The van der Waals surface area contributed by atoms with Crippen LogP contribution in [0.4, 0.5) is 0 Å². The van der Waals surface area contributed by atoms with E-state index in [0.29, 0.717) is 12.8 Å². The van der Waals surface area contributed by atoms with E-state index in [0.717, 1.165) is 24.3 Å². The van der Waals surface area contributed by atoms with Crippen molar-refractivity contribution in [2.24, 2.45) is 0 Å². The lowest BCUT2D eigenvalue weighted by Crippen LogP contribution is -2.20. The molecule has 0 heterocycles. The van der Waals surface area contributed by atoms with E-state index in [4.69, 9.17) is 9.47 Å². The molecule has 0 spiro atoms. The highest BCUT2D eigenvalue weighted by atomic mass is 16.6. The quantitative estimate of drug-likeness (QED) is 0.471. The fourth-order valence-corrected chi connectivity index (χ4v) is 3.30. The molecule has 3 rings (SSSR count). The van der Waals surface area contributed by atoms with Gasteiger partial charge in [0.25, 0.3) is 0 Å². The summed E-state index contributed by atoms with van der Waals surface area (Å²) in [6.07, 6.45) is 6.79. The summed E-state index contributed by atoms with van der Waals surface area (Å²) in [5.74, 6) is -6.91. The lowest BCUT2D eigenvalue weighted by molar-refractivity contribution is -0.136. The number of hydrogen-bond donors (Lipinski definition) is 2. The molecule has 2 aliphatic rings. The van der Waals surface area contributed by atoms with Crippen LogP contribution in [0.2, 0.25) is 0 Å². The van der Waals surface area contributed by atoms with Crippen molar-refractivity contribution in [2.75, 3.05) is 0 Å². The van der Waals surface area contributed by atoms with Gasteiger partial charge in [-0.1, -0.05) is 24.3 Å². The number of carboxylic acid groups (broad SMARTS) is 2. The minimum Gasteiger partial charge on any atom is -0.478 e. The molecule has 2 N–H and O–H groups in total. The van der Waals surface area contributed by atoms with Crippen LogP contribution in [0.25, 0.3) is 0 Å². The van der Waals surface area contributed by atoms with Crippen molar-refractivity contribution in [1.29, 1.82) is 0 Å². The lowest BCUT2D eigenvalue weighted by Gasteiger charge is -2.12. The summed E-state index contributed by atoms with van der Waals surface area (Å²) in [7, 11) is 0. The third-order valence-corrected chi connectivity index (χ3v) is 5.02. The molecule has 34 heavy (non-hydrogen) atoms. The number of hydrogen-bond acceptors (Lipinski definition) is 8. The zero-order chi connectivity index (χ0) is 24.8. The normalized spacial score (nSPS) is 15.1. The Bertz CT molecular complexity index is 1110. The Morgan fingerprint density at radius 1 is 0.588 bits per heavy atom. The number of rotatable bonds is 6. The fourth-order valence-electron chi connectivity index (χ4n) is 3.30. The van der Waals surface area contributed by atoms with Gasteiger partial charge in [0.2, 0.25) is 0 Å². The van der Waals surface area contributed by atoms with E-state index in [1.165, 1.54) is 12.2 Å². The summed E-state index contributed by atoms with van der Waals surface area (Å²) >= 11 is 0. The van der Waals surface area contributed by atoms with E-state index in [1.807, 2.05) is 0 Å². The fraction of sp³-hybridized carbons (Fsp3) is 0.167.